The van der Waals surface area contributed by atoms with Gasteiger partial charge in [0.05, 0.1) is 26.4 Å². The van der Waals surface area contributed by atoms with E-state index < -0.39 is 0 Å². The van der Waals surface area contributed by atoms with E-state index in [0.29, 0.717) is 12.6 Å². The van der Waals surface area contributed by atoms with Gasteiger partial charge in [-0.25, -0.2) is 0 Å². The lowest BCUT2D eigenvalue weighted by atomic mass is 10.0. The van der Waals surface area contributed by atoms with E-state index in [1.165, 1.54) is 0 Å². The average Bonchev–Trinajstić information content (AvgIpc) is 2.94. The van der Waals surface area contributed by atoms with E-state index in [9.17, 15) is 0 Å². The Kier molecular flexibility index (Phi) is 5.45. The molecule has 1 fully saturated rings. The Morgan fingerprint density at radius 3 is 2.67 bits per heavy atom. The fraction of sp³-hybridized carbons (Fsp3) is 0.625. The highest BCUT2D eigenvalue weighted by Gasteiger charge is 2.32. The fourth-order valence-corrected chi connectivity index (χ4v) is 3.09. The summed E-state index contributed by atoms with van der Waals surface area (Å²) < 4.78 is 16.5. The van der Waals surface area contributed by atoms with Crippen molar-refractivity contribution in [3.8, 4) is 11.5 Å². The first-order valence-corrected chi connectivity index (χ1v) is 7.37. The van der Waals surface area contributed by atoms with E-state index in [4.69, 9.17) is 19.9 Å². The summed E-state index contributed by atoms with van der Waals surface area (Å²) in [4.78, 5) is 2.31. The van der Waals surface area contributed by atoms with Crippen LogP contribution < -0.4 is 15.2 Å². The van der Waals surface area contributed by atoms with Crippen molar-refractivity contribution in [2.75, 3.05) is 34.4 Å². The molecule has 0 bridgehead atoms. The van der Waals surface area contributed by atoms with Crippen LogP contribution >= 0.6 is 0 Å². The predicted octanol–water partition coefficient (Wildman–Crippen LogP) is 1.81. The summed E-state index contributed by atoms with van der Waals surface area (Å²) in [5.41, 5.74) is 7.13. The summed E-state index contributed by atoms with van der Waals surface area (Å²) in [6, 6.07) is 6.36. The quantitative estimate of drug-likeness (QED) is 0.867. The molecule has 0 aromatic heterocycles. The van der Waals surface area contributed by atoms with E-state index in [-0.39, 0.29) is 12.1 Å². The Morgan fingerprint density at radius 2 is 2.14 bits per heavy atom. The van der Waals surface area contributed by atoms with Gasteiger partial charge in [0.15, 0.2) is 0 Å². The van der Waals surface area contributed by atoms with Gasteiger partial charge < -0.3 is 19.9 Å². The maximum atomic E-state index is 6.04. The highest BCUT2D eigenvalue weighted by atomic mass is 16.5. The molecule has 1 aliphatic heterocycles. The third kappa shape index (κ3) is 3.31. The third-order valence-electron chi connectivity index (χ3n) is 4.37. The van der Waals surface area contributed by atoms with Crippen molar-refractivity contribution in [2.45, 2.75) is 31.5 Å². The van der Waals surface area contributed by atoms with Gasteiger partial charge in [0, 0.05) is 30.8 Å². The number of ether oxygens (including phenoxy) is 3. The van der Waals surface area contributed by atoms with E-state index in [2.05, 4.69) is 18.9 Å². The highest BCUT2D eigenvalue weighted by Crippen LogP contribution is 2.34. The number of hydrogen-bond acceptors (Lipinski definition) is 5. The standard InChI is InChI=1S/C16H26N2O3/c1-11-14(7-8-21-11)18(2)15(10-17)13-6-5-12(19-3)9-16(13)20-4/h5-6,9,11,14-15H,7-8,10,17H2,1-4H3. The number of nitrogens with zero attached hydrogens (tertiary/aromatic N) is 1. The molecule has 0 amide bonds. The van der Waals surface area contributed by atoms with Gasteiger partial charge in [0.1, 0.15) is 11.5 Å². The molecular weight excluding hydrogens is 268 g/mol. The van der Waals surface area contributed by atoms with E-state index in [1.54, 1.807) is 14.2 Å². The maximum Gasteiger partial charge on any atom is 0.127 e. The summed E-state index contributed by atoms with van der Waals surface area (Å²) >= 11 is 0. The van der Waals surface area contributed by atoms with Crippen LogP contribution in [0.2, 0.25) is 0 Å². The van der Waals surface area contributed by atoms with E-state index in [0.717, 1.165) is 30.1 Å². The van der Waals surface area contributed by atoms with Crippen LogP contribution in [0.25, 0.3) is 0 Å². The topological polar surface area (TPSA) is 57.0 Å². The summed E-state index contributed by atoms with van der Waals surface area (Å²) in [6.45, 7) is 3.46. The highest BCUT2D eigenvalue weighted by molar-refractivity contribution is 5.42. The molecule has 3 unspecified atom stereocenters. The van der Waals surface area contributed by atoms with Crippen molar-refractivity contribution in [2.24, 2.45) is 5.73 Å². The van der Waals surface area contributed by atoms with Gasteiger partial charge in [-0.1, -0.05) is 6.07 Å². The Balaban J connectivity index is 2.28. The van der Waals surface area contributed by atoms with Crippen LogP contribution in [0.5, 0.6) is 11.5 Å². The lowest BCUT2D eigenvalue weighted by molar-refractivity contribution is 0.0681. The Labute approximate surface area is 127 Å². The van der Waals surface area contributed by atoms with Gasteiger partial charge in [0.2, 0.25) is 0 Å². The number of methoxy groups -OCH3 is 2. The molecule has 5 nitrogen and oxygen atoms in total. The molecule has 1 aromatic carbocycles. The molecule has 1 heterocycles. The van der Waals surface area contributed by atoms with Gasteiger partial charge in [-0.05, 0) is 26.5 Å². The van der Waals surface area contributed by atoms with Gasteiger partial charge in [-0.15, -0.1) is 0 Å². The molecule has 3 atom stereocenters. The normalized spacial score (nSPS) is 23.3. The van der Waals surface area contributed by atoms with Crippen LogP contribution in [0.1, 0.15) is 24.9 Å². The second kappa shape index (κ2) is 7.11. The van der Waals surface area contributed by atoms with Crippen LogP contribution in [0.4, 0.5) is 0 Å². The fourth-order valence-electron chi connectivity index (χ4n) is 3.09. The van der Waals surface area contributed by atoms with Crippen molar-refractivity contribution >= 4 is 0 Å². The lowest BCUT2D eigenvalue weighted by Crippen LogP contribution is -2.42. The molecule has 2 N–H and O–H groups in total. The monoisotopic (exact) mass is 294 g/mol. The molecule has 1 aromatic rings. The molecule has 5 heteroatoms. The number of likely N-dealkylation sites (N-methyl/N-ethyl adjacent to an activating group) is 1. The van der Waals surface area contributed by atoms with Crippen molar-refractivity contribution in [3.05, 3.63) is 23.8 Å². The molecular formula is C16H26N2O3. The zero-order chi connectivity index (χ0) is 15.4. The molecule has 0 radical (unpaired) electrons. The minimum Gasteiger partial charge on any atom is -0.497 e. The van der Waals surface area contributed by atoms with Crippen molar-refractivity contribution in [1.82, 2.24) is 4.90 Å². The van der Waals surface area contributed by atoms with Gasteiger partial charge in [-0.2, -0.15) is 0 Å². The second-order valence-electron chi connectivity index (χ2n) is 5.46. The zero-order valence-corrected chi connectivity index (χ0v) is 13.3. The molecule has 0 aliphatic carbocycles. The van der Waals surface area contributed by atoms with Crippen LogP contribution in [0, 0.1) is 0 Å². The SMILES string of the molecule is COc1ccc(C(CN)N(C)C2CCOC2C)c(OC)c1. The smallest absolute Gasteiger partial charge is 0.127 e. The number of hydrogen-bond donors (Lipinski definition) is 1. The van der Waals surface area contributed by atoms with Gasteiger partial charge in [0.25, 0.3) is 0 Å². The van der Waals surface area contributed by atoms with E-state index >= 15 is 0 Å². The van der Waals surface area contributed by atoms with Crippen molar-refractivity contribution < 1.29 is 14.2 Å². The number of rotatable bonds is 6. The maximum absolute atomic E-state index is 6.04. The first-order valence-electron chi connectivity index (χ1n) is 7.37. The first-order chi connectivity index (χ1) is 10.1. The number of benzene rings is 1. The van der Waals surface area contributed by atoms with E-state index in [1.807, 2.05) is 18.2 Å². The van der Waals surface area contributed by atoms with Crippen LogP contribution in [0.3, 0.4) is 0 Å². The summed E-state index contributed by atoms with van der Waals surface area (Å²) in [5.74, 6) is 1.59. The molecule has 21 heavy (non-hydrogen) atoms. The van der Waals surface area contributed by atoms with Crippen LogP contribution in [-0.4, -0.2) is 51.5 Å². The Hall–Kier alpha value is -1.30. The predicted molar refractivity (Wildman–Crippen MR) is 82.9 cm³/mol. The summed E-state index contributed by atoms with van der Waals surface area (Å²) in [6.07, 6.45) is 1.26. The first kappa shape index (κ1) is 16.1. The van der Waals surface area contributed by atoms with Gasteiger partial charge >= 0.3 is 0 Å². The van der Waals surface area contributed by atoms with Crippen molar-refractivity contribution in [3.63, 3.8) is 0 Å². The average molecular weight is 294 g/mol. The molecule has 1 saturated heterocycles. The molecule has 2 rings (SSSR count). The van der Waals surface area contributed by atoms with Crippen LogP contribution in [-0.2, 0) is 4.74 Å². The molecule has 0 spiro atoms. The van der Waals surface area contributed by atoms with Crippen molar-refractivity contribution in [1.29, 1.82) is 0 Å². The lowest BCUT2D eigenvalue weighted by Gasteiger charge is -2.34. The Morgan fingerprint density at radius 1 is 1.38 bits per heavy atom. The zero-order valence-electron chi connectivity index (χ0n) is 13.3. The molecule has 1 aliphatic rings. The molecule has 118 valence electrons. The Bertz CT molecular complexity index is 467. The summed E-state index contributed by atoms with van der Waals surface area (Å²) in [5, 5.41) is 0. The largest absolute Gasteiger partial charge is 0.497 e. The third-order valence-corrected chi connectivity index (χ3v) is 4.37. The minimum absolute atomic E-state index is 0.0972. The second-order valence-corrected chi connectivity index (χ2v) is 5.46. The molecule has 0 saturated carbocycles. The van der Waals surface area contributed by atoms with Gasteiger partial charge in [-0.3, -0.25) is 4.90 Å². The minimum atomic E-state index is 0.0972. The van der Waals surface area contributed by atoms with Crippen LogP contribution in [0.15, 0.2) is 18.2 Å². The number of nitrogens with two attached hydrogens (primary N) is 1. The summed E-state index contributed by atoms with van der Waals surface area (Å²) in [7, 11) is 5.43.